The molecule has 0 saturated heterocycles. The van der Waals surface area contributed by atoms with Crippen LogP contribution in [-0.4, -0.2) is 22.6 Å². The molecular weight excluding hydrogens is 280 g/mol. The van der Waals surface area contributed by atoms with Gasteiger partial charge >= 0.3 is 5.97 Å². The zero-order valence-electron chi connectivity index (χ0n) is 11.6. The number of Topliss-reactive ketones (excluding diaryl/α,β-unsaturated/α-hetero) is 1. The van der Waals surface area contributed by atoms with Gasteiger partial charge in [0.05, 0.1) is 5.56 Å². The van der Waals surface area contributed by atoms with E-state index in [1.165, 1.54) is 12.1 Å². The average molecular weight is 292 g/mol. The minimum atomic E-state index is -1.05. The van der Waals surface area contributed by atoms with Crippen molar-refractivity contribution in [2.75, 3.05) is 0 Å². The number of allylic oxidation sites excluding steroid dienone is 2. The number of hydrogen-bond donors (Lipinski definition) is 1. The molecule has 0 radical (unpaired) electrons. The monoisotopic (exact) mass is 292 g/mol. The third kappa shape index (κ3) is 2.35. The van der Waals surface area contributed by atoms with Gasteiger partial charge < -0.3 is 5.11 Å². The van der Waals surface area contributed by atoms with Crippen LogP contribution in [0.15, 0.2) is 60.2 Å². The van der Waals surface area contributed by atoms with Gasteiger partial charge in [-0.1, -0.05) is 42.5 Å². The average Bonchev–Trinajstić information content (AvgIpc) is 2.53. The highest BCUT2D eigenvalue weighted by molar-refractivity contribution is 6.24. The summed E-state index contributed by atoms with van der Waals surface area (Å²) in [6.07, 6.45) is 1.44. The second-order valence-corrected chi connectivity index (χ2v) is 5.05. The van der Waals surface area contributed by atoms with Gasteiger partial charge in [0.2, 0.25) is 0 Å². The van der Waals surface area contributed by atoms with Crippen molar-refractivity contribution in [3.8, 4) is 0 Å². The van der Waals surface area contributed by atoms with Gasteiger partial charge in [0, 0.05) is 23.1 Å². The summed E-state index contributed by atoms with van der Waals surface area (Å²) in [5.74, 6) is -1.50. The van der Waals surface area contributed by atoms with Crippen molar-refractivity contribution >= 4 is 17.5 Å². The second kappa shape index (κ2) is 5.41. The van der Waals surface area contributed by atoms with Crippen LogP contribution in [-0.2, 0) is 6.42 Å². The lowest BCUT2D eigenvalue weighted by atomic mass is 9.86. The van der Waals surface area contributed by atoms with E-state index in [1.54, 1.807) is 42.5 Å². The lowest BCUT2D eigenvalue weighted by Gasteiger charge is -2.15. The first-order valence-electron chi connectivity index (χ1n) is 6.78. The van der Waals surface area contributed by atoms with Gasteiger partial charge in [-0.25, -0.2) is 4.79 Å². The highest BCUT2D eigenvalue weighted by atomic mass is 16.4. The molecule has 4 nitrogen and oxygen atoms in total. The fraction of sp³-hybridized carbons (Fsp3) is 0.0556. The van der Waals surface area contributed by atoms with Crippen molar-refractivity contribution < 1.29 is 19.5 Å². The van der Waals surface area contributed by atoms with Crippen molar-refractivity contribution in [1.29, 1.82) is 0 Å². The predicted octanol–water partition coefficient (Wildman–Crippen LogP) is 2.93. The number of aromatic carboxylic acids is 1. The third-order valence-electron chi connectivity index (χ3n) is 3.66. The molecule has 0 spiro atoms. The molecule has 1 aliphatic rings. The summed E-state index contributed by atoms with van der Waals surface area (Å²) in [7, 11) is 0. The third-order valence-corrected chi connectivity index (χ3v) is 3.66. The highest BCUT2D eigenvalue weighted by Gasteiger charge is 2.25. The van der Waals surface area contributed by atoms with Crippen LogP contribution in [0.3, 0.4) is 0 Å². The van der Waals surface area contributed by atoms with Gasteiger partial charge in [0.1, 0.15) is 0 Å². The summed E-state index contributed by atoms with van der Waals surface area (Å²) < 4.78 is 0. The van der Waals surface area contributed by atoms with Gasteiger partial charge in [0.15, 0.2) is 11.6 Å². The standard InChI is InChI=1S/C18H12O4/c19-16-10-12(17(20)15-8-4-3-7-14(15)16)9-11-5-1-2-6-13(11)18(21)22/h1-8,10H,9H2,(H,21,22). The van der Waals surface area contributed by atoms with Crippen LogP contribution in [0, 0.1) is 0 Å². The minimum Gasteiger partial charge on any atom is -0.478 e. The van der Waals surface area contributed by atoms with E-state index in [0.29, 0.717) is 22.3 Å². The van der Waals surface area contributed by atoms with Gasteiger partial charge in [-0.2, -0.15) is 0 Å². The molecule has 0 atom stereocenters. The smallest absolute Gasteiger partial charge is 0.335 e. The number of ketones is 2. The van der Waals surface area contributed by atoms with Crippen molar-refractivity contribution in [3.05, 3.63) is 82.4 Å². The van der Waals surface area contributed by atoms with E-state index in [0.717, 1.165) is 0 Å². The van der Waals surface area contributed by atoms with E-state index in [1.807, 2.05) is 0 Å². The van der Waals surface area contributed by atoms with Gasteiger partial charge in [-0.3, -0.25) is 9.59 Å². The molecule has 108 valence electrons. The van der Waals surface area contributed by atoms with Crippen LogP contribution in [0.4, 0.5) is 0 Å². The molecule has 0 fully saturated rings. The molecule has 1 aliphatic carbocycles. The van der Waals surface area contributed by atoms with E-state index in [4.69, 9.17) is 0 Å². The van der Waals surface area contributed by atoms with Crippen LogP contribution in [0.5, 0.6) is 0 Å². The molecule has 1 N–H and O–H groups in total. The molecule has 3 rings (SSSR count). The van der Waals surface area contributed by atoms with E-state index in [2.05, 4.69) is 0 Å². The van der Waals surface area contributed by atoms with E-state index in [9.17, 15) is 19.5 Å². The quantitative estimate of drug-likeness (QED) is 0.944. The first-order valence-corrected chi connectivity index (χ1v) is 6.78. The van der Waals surface area contributed by atoms with Crippen molar-refractivity contribution in [1.82, 2.24) is 0 Å². The van der Waals surface area contributed by atoms with Crippen molar-refractivity contribution in [3.63, 3.8) is 0 Å². The fourth-order valence-electron chi connectivity index (χ4n) is 2.59. The molecule has 0 saturated carbocycles. The first kappa shape index (κ1) is 13.9. The van der Waals surface area contributed by atoms with Crippen LogP contribution < -0.4 is 0 Å². The fourth-order valence-corrected chi connectivity index (χ4v) is 2.59. The SMILES string of the molecule is O=C(O)c1ccccc1CC1=CC(=O)c2ccccc2C1=O. The number of fused-ring (bicyclic) bond motifs is 1. The molecule has 0 unspecified atom stereocenters. The Balaban J connectivity index is 2.00. The van der Waals surface area contributed by atoms with Crippen LogP contribution in [0.25, 0.3) is 0 Å². The lowest BCUT2D eigenvalue weighted by Crippen LogP contribution is -2.18. The summed E-state index contributed by atoms with van der Waals surface area (Å²) in [6.45, 7) is 0. The topological polar surface area (TPSA) is 71.4 Å². The molecule has 2 aromatic carbocycles. The normalized spacial score (nSPS) is 13.5. The predicted molar refractivity (Wildman–Crippen MR) is 80.3 cm³/mol. The Kier molecular flexibility index (Phi) is 3.43. The molecule has 0 amide bonds. The summed E-state index contributed by atoms with van der Waals surface area (Å²) in [6, 6.07) is 13.1. The summed E-state index contributed by atoms with van der Waals surface area (Å²) in [5, 5.41) is 9.20. The molecule has 0 aromatic heterocycles. The van der Waals surface area contributed by atoms with Crippen molar-refractivity contribution in [2.45, 2.75) is 6.42 Å². The second-order valence-electron chi connectivity index (χ2n) is 5.05. The maximum atomic E-state index is 12.5. The lowest BCUT2D eigenvalue weighted by molar-refractivity contribution is 0.0695. The zero-order chi connectivity index (χ0) is 15.7. The summed E-state index contributed by atoms with van der Waals surface area (Å²) >= 11 is 0. The molecule has 22 heavy (non-hydrogen) atoms. The Morgan fingerprint density at radius 1 is 0.909 bits per heavy atom. The number of rotatable bonds is 3. The Labute approximate surface area is 126 Å². The van der Waals surface area contributed by atoms with E-state index < -0.39 is 5.97 Å². The Bertz CT molecular complexity index is 830. The molecule has 0 bridgehead atoms. The Morgan fingerprint density at radius 3 is 2.27 bits per heavy atom. The summed E-state index contributed by atoms with van der Waals surface area (Å²) in [5.41, 5.74) is 1.74. The number of carboxylic acids is 1. The van der Waals surface area contributed by atoms with Crippen LogP contribution in [0.2, 0.25) is 0 Å². The number of carboxylic acid groups (broad SMARTS) is 1. The maximum absolute atomic E-state index is 12.5. The van der Waals surface area contributed by atoms with Crippen molar-refractivity contribution in [2.24, 2.45) is 0 Å². The molecule has 0 heterocycles. The summed E-state index contributed by atoms with van der Waals surface area (Å²) in [4.78, 5) is 35.8. The zero-order valence-corrected chi connectivity index (χ0v) is 11.6. The number of carbonyl (C=O) groups is 3. The van der Waals surface area contributed by atoms with E-state index in [-0.39, 0.29) is 23.6 Å². The van der Waals surface area contributed by atoms with Gasteiger partial charge in [-0.15, -0.1) is 0 Å². The maximum Gasteiger partial charge on any atom is 0.335 e. The van der Waals surface area contributed by atoms with Gasteiger partial charge in [0.25, 0.3) is 0 Å². The minimum absolute atomic E-state index is 0.126. The molecular formula is C18H12O4. The van der Waals surface area contributed by atoms with Crippen LogP contribution in [0.1, 0.15) is 36.6 Å². The Hall–Kier alpha value is -3.01. The molecule has 2 aromatic rings. The number of benzene rings is 2. The Morgan fingerprint density at radius 2 is 1.55 bits per heavy atom. The first-order chi connectivity index (χ1) is 10.6. The largest absolute Gasteiger partial charge is 0.478 e. The number of hydrogen-bond acceptors (Lipinski definition) is 3. The molecule has 4 heteroatoms. The highest BCUT2D eigenvalue weighted by Crippen LogP contribution is 2.24. The number of carbonyl (C=O) groups excluding carboxylic acids is 2. The van der Waals surface area contributed by atoms with Gasteiger partial charge in [-0.05, 0) is 17.7 Å². The van der Waals surface area contributed by atoms with Crippen LogP contribution >= 0.6 is 0 Å². The van der Waals surface area contributed by atoms with E-state index >= 15 is 0 Å². The molecule has 0 aliphatic heterocycles.